The smallest absolute Gasteiger partial charge is 0.193 e. The number of rotatable bonds is 5. The van der Waals surface area contributed by atoms with Crippen LogP contribution in [0.4, 0.5) is 0 Å². The molecule has 2 unspecified atom stereocenters. The van der Waals surface area contributed by atoms with Gasteiger partial charge in [-0.2, -0.15) is 0 Å². The molecule has 4 rings (SSSR count). The maximum atomic E-state index is 11.9. The fourth-order valence-corrected chi connectivity index (χ4v) is 2.42. The zero-order chi connectivity index (χ0) is 15.1. The van der Waals surface area contributed by atoms with Crippen LogP contribution in [0.3, 0.4) is 0 Å². The molecular formula is C18H14O4. The third-order valence-electron chi connectivity index (χ3n) is 3.92. The number of ether oxygens (including phenoxy) is 2. The maximum absolute atomic E-state index is 11.9. The summed E-state index contributed by atoms with van der Waals surface area (Å²) in [5, 5.41) is 0. The van der Waals surface area contributed by atoms with Gasteiger partial charge in [-0.05, 0) is 11.1 Å². The van der Waals surface area contributed by atoms with Crippen LogP contribution in [0.1, 0.15) is 20.7 Å². The Labute approximate surface area is 127 Å². The summed E-state index contributed by atoms with van der Waals surface area (Å²) in [6.07, 6.45) is -0.499. The normalized spacial score (nSPS) is 22.2. The van der Waals surface area contributed by atoms with Crippen molar-refractivity contribution in [1.29, 1.82) is 0 Å². The van der Waals surface area contributed by atoms with Crippen LogP contribution in [0.25, 0.3) is 11.1 Å². The summed E-state index contributed by atoms with van der Waals surface area (Å²) in [6, 6.07) is 14.9. The third-order valence-corrected chi connectivity index (χ3v) is 3.92. The van der Waals surface area contributed by atoms with Crippen molar-refractivity contribution >= 4 is 11.6 Å². The maximum Gasteiger partial charge on any atom is 0.193 e. The average molecular weight is 294 g/mol. The molecule has 2 aromatic carbocycles. The van der Waals surface area contributed by atoms with Crippen molar-refractivity contribution in [2.24, 2.45) is 0 Å². The summed E-state index contributed by atoms with van der Waals surface area (Å²) < 4.78 is 10.0. The van der Waals surface area contributed by atoms with Crippen LogP contribution >= 0.6 is 0 Å². The lowest BCUT2D eigenvalue weighted by molar-refractivity contribution is 0.0947. The fraction of sp³-hybridized carbons (Fsp3) is 0.222. The van der Waals surface area contributed by atoms with Crippen LogP contribution in [0, 0.1) is 0 Å². The van der Waals surface area contributed by atoms with E-state index in [4.69, 9.17) is 9.47 Å². The van der Waals surface area contributed by atoms with Crippen LogP contribution in [0.2, 0.25) is 0 Å². The highest BCUT2D eigenvalue weighted by Crippen LogP contribution is 2.24. The minimum absolute atomic E-state index is 0.0388. The molecule has 2 aliphatic rings. The Hall–Kier alpha value is -2.30. The first-order valence-electron chi connectivity index (χ1n) is 7.24. The van der Waals surface area contributed by atoms with Crippen molar-refractivity contribution in [1.82, 2.24) is 0 Å². The van der Waals surface area contributed by atoms with Gasteiger partial charge in [0.25, 0.3) is 0 Å². The van der Waals surface area contributed by atoms with Gasteiger partial charge in [-0.1, -0.05) is 48.5 Å². The van der Waals surface area contributed by atoms with Crippen molar-refractivity contribution in [3.8, 4) is 11.1 Å². The van der Waals surface area contributed by atoms with Gasteiger partial charge in [-0.25, -0.2) is 0 Å². The number of hydrogen-bond acceptors (Lipinski definition) is 4. The summed E-state index contributed by atoms with van der Waals surface area (Å²) in [7, 11) is 0. The highest BCUT2D eigenvalue weighted by molar-refractivity contribution is 6.02. The van der Waals surface area contributed by atoms with Crippen molar-refractivity contribution in [3.63, 3.8) is 0 Å². The summed E-state index contributed by atoms with van der Waals surface area (Å²) in [4.78, 5) is 23.7. The predicted octanol–water partition coefficient (Wildman–Crippen LogP) is 2.52. The number of ketones is 2. The van der Waals surface area contributed by atoms with Crippen LogP contribution in [0.15, 0.2) is 48.5 Å². The highest BCUT2D eigenvalue weighted by atomic mass is 16.6. The first-order valence-corrected chi connectivity index (χ1v) is 7.24. The van der Waals surface area contributed by atoms with Gasteiger partial charge in [0.15, 0.2) is 11.6 Å². The van der Waals surface area contributed by atoms with Crippen LogP contribution in [0.5, 0.6) is 0 Å². The molecule has 2 atom stereocenters. The lowest BCUT2D eigenvalue weighted by Gasteiger charge is -2.04. The molecule has 0 amide bonds. The Morgan fingerprint density at radius 2 is 1.00 bits per heavy atom. The Morgan fingerprint density at radius 1 is 0.682 bits per heavy atom. The van der Waals surface area contributed by atoms with E-state index in [1.54, 1.807) is 0 Å². The molecule has 2 heterocycles. The highest BCUT2D eigenvalue weighted by Gasteiger charge is 2.32. The molecule has 0 aliphatic carbocycles. The third kappa shape index (κ3) is 2.58. The van der Waals surface area contributed by atoms with E-state index in [0.29, 0.717) is 24.3 Å². The molecule has 2 fully saturated rings. The Bertz CT molecular complexity index is 657. The quantitative estimate of drug-likeness (QED) is 0.628. The average Bonchev–Trinajstić information content (AvgIpc) is 3.46. The second-order valence-electron chi connectivity index (χ2n) is 5.53. The summed E-state index contributed by atoms with van der Waals surface area (Å²) in [6.45, 7) is 1.06. The minimum Gasteiger partial charge on any atom is -0.364 e. The zero-order valence-electron chi connectivity index (χ0n) is 11.8. The van der Waals surface area contributed by atoms with Crippen molar-refractivity contribution in [2.75, 3.05) is 13.2 Å². The Morgan fingerprint density at radius 3 is 1.27 bits per heavy atom. The van der Waals surface area contributed by atoms with Crippen LogP contribution in [-0.2, 0) is 9.47 Å². The monoisotopic (exact) mass is 294 g/mol. The van der Waals surface area contributed by atoms with E-state index < -0.39 is 0 Å². The van der Waals surface area contributed by atoms with E-state index in [1.165, 1.54) is 0 Å². The van der Waals surface area contributed by atoms with Gasteiger partial charge in [-0.15, -0.1) is 0 Å². The van der Waals surface area contributed by atoms with Crippen molar-refractivity contribution in [2.45, 2.75) is 12.2 Å². The molecule has 0 radical (unpaired) electrons. The molecule has 22 heavy (non-hydrogen) atoms. The number of benzene rings is 2. The second kappa shape index (κ2) is 5.16. The van der Waals surface area contributed by atoms with E-state index in [1.807, 2.05) is 48.5 Å². The van der Waals surface area contributed by atoms with Gasteiger partial charge in [0, 0.05) is 11.1 Å². The van der Waals surface area contributed by atoms with Gasteiger partial charge in [0.1, 0.15) is 12.2 Å². The molecule has 2 aliphatic heterocycles. The largest absolute Gasteiger partial charge is 0.364 e. The number of Topliss-reactive ketones (excluding diaryl/α,β-unsaturated/α-hetero) is 2. The molecule has 0 N–H and O–H groups in total. The molecule has 2 saturated heterocycles. The van der Waals surface area contributed by atoms with Gasteiger partial charge in [0.05, 0.1) is 13.2 Å². The number of carbonyl (C=O) groups excluding carboxylic acids is 2. The number of hydrogen-bond donors (Lipinski definition) is 0. The van der Waals surface area contributed by atoms with E-state index in [9.17, 15) is 9.59 Å². The minimum atomic E-state index is -0.249. The first-order chi connectivity index (χ1) is 10.7. The van der Waals surface area contributed by atoms with Crippen LogP contribution in [-0.4, -0.2) is 37.0 Å². The van der Waals surface area contributed by atoms with Crippen LogP contribution < -0.4 is 0 Å². The van der Waals surface area contributed by atoms with Crippen molar-refractivity contribution in [3.05, 3.63) is 59.7 Å². The topological polar surface area (TPSA) is 59.2 Å². The molecule has 110 valence electrons. The van der Waals surface area contributed by atoms with Gasteiger partial charge < -0.3 is 9.47 Å². The lowest BCUT2D eigenvalue weighted by atomic mass is 9.99. The van der Waals surface area contributed by atoms with E-state index >= 15 is 0 Å². The number of epoxide rings is 2. The van der Waals surface area contributed by atoms with E-state index in [-0.39, 0.29) is 23.8 Å². The Kier molecular flexibility index (Phi) is 3.13. The summed E-state index contributed by atoms with van der Waals surface area (Å²) in [5.41, 5.74) is 3.36. The van der Waals surface area contributed by atoms with Gasteiger partial charge in [0.2, 0.25) is 0 Å². The molecule has 0 aromatic heterocycles. The first kappa shape index (κ1) is 13.4. The molecule has 0 saturated carbocycles. The summed E-state index contributed by atoms with van der Waals surface area (Å²) in [5.74, 6) is 0.0776. The fourth-order valence-electron chi connectivity index (χ4n) is 2.42. The Balaban J connectivity index is 1.53. The van der Waals surface area contributed by atoms with Gasteiger partial charge in [-0.3, -0.25) is 9.59 Å². The number of carbonyl (C=O) groups is 2. The van der Waals surface area contributed by atoms with Gasteiger partial charge >= 0.3 is 0 Å². The lowest BCUT2D eigenvalue weighted by Crippen LogP contribution is -2.07. The predicted molar refractivity (Wildman–Crippen MR) is 80.0 cm³/mol. The molecular weight excluding hydrogens is 280 g/mol. The van der Waals surface area contributed by atoms with E-state index in [2.05, 4.69) is 0 Å². The SMILES string of the molecule is O=C(c1ccc(-c2ccc(C(=O)C3CO3)cc2)cc1)C1CO1. The van der Waals surface area contributed by atoms with E-state index in [0.717, 1.165) is 11.1 Å². The summed E-state index contributed by atoms with van der Waals surface area (Å²) >= 11 is 0. The second-order valence-corrected chi connectivity index (χ2v) is 5.53. The molecule has 4 nitrogen and oxygen atoms in total. The molecule has 4 heteroatoms. The molecule has 2 aromatic rings. The molecule has 0 bridgehead atoms. The standard InChI is InChI=1S/C18H14O4/c19-17(15-9-21-15)13-5-1-11(2-6-13)12-3-7-14(8-4-12)18(20)16-10-22-16/h1-8,15-16H,9-10H2. The zero-order valence-corrected chi connectivity index (χ0v) is 11.8. The molecule has 0 spiro atoms. The van der Waals surface area contributed by atoms with Crippen molar-refractivity contribution < 1.29 is 19.1 Å².